The van der Waals surface area contributed by atoms with Crippen molar-refractivity contribution in [3.8, 4) is 5.75 Å². The first-order chi connectivity index (χ1) is 16.5. The van der Waals surface area contributed by atoms with E-state index in [4.69, 9.17) is 24.4 Å². The number of carbonyl (C=O) groups excluding carboxylic acids is 1. The van der Waals surface area contributed by atoms with Crippen LogP contribution < -0.4 is 4.74 Å². The summed E-state index contributed by atoms with van der Waals surface area (Å²) in [6.07, 6.45) is 1.13. The van der Waals surface area contributed by atoms with Crippen LogP contribution in [0.2, 0.25) is 0 Å². The van der Waals surface area contributed by atoms with Crippen molar-refractivity contribution in [2.45, 2.75) is 52.6 Å². The minimum Gasteiger partial charge on any atom is -0.485 e. The monoisotopic (exact) mass is 487 g/mol. The first-order valence-electron chi connectivity index (χ1n) is 11.1. The molecule has 1 fully saturated rings. The molecule has 8 nitrogen and oxygen atoms in total. The number of ether oxygens (including phenoxy) is 4. The molecule has 186 valence electrons. The molecule has 1 aromatic carbocycles. The zero-order chi connectivity index (χ0) is 25.3. The highest BCUT2D eigenvalue weighted by Gasteiger charge is 2.33. The van der Waals surface area contributed by atoms with Crippen molar-refractivity contribution in [2.75, 3.05) is 13.2 Å². The van der Waals surface area contributed by atoms with Gasteiger partial charge >= 0.3 is 0 Å². The number of aromatic nitrogens is 2. The van der Waals surface area contributed by atoms with Crippen LogP contribution in [-0.4, -0.2) is 46.2 Å². The molecule has 1 aliphatic rings. The van der Waals surface area contributed by atoms with E-state index in [9.17, 15) is 13.6 Å². The molecule has 0 radical (unpaired) electrons. The van der Waals surface area contributed by atoms with Gasteiger partial charge in [-0.3, -0.25) is 14.6 Å². The Labute approximate surface area is 201 Å². The van der Waals surface area contributed by atoms with E-state index in [1.807, 2.05) is 0 Å². The van der Waals surface area contributed by atoms with Crippen LogP contribution in [0.1, 0.15) is 47.6 Å². The third-order valence-corrected chi connectivity index (χ3v) is 5.53. The van der Waals surface area contributed by atoms with Crippen molar-refractivity contribution >= 4 is 17.3 Å². The van der Waals surface area contributed by atoms with E-state index in [-0.39, 0.29) is 54.4 Å². The summed E-state index contributed by atoms with van der Waals surface area (Å²) in [7, 11) is 0. The number of imidazole rings is 1. The van der Waals surface area contributed by atoms with Crippen LogP contribution >= 0.6 is 0 Å². The Morgan fingerprint density at radius 2 is 2.00 bits per heavy atom. The Bertz CT molecular complexity index is 1270. The molecule has 35 heavy (non-hydrogen) atoms. The Balaban J connectivity index is 1.49. The van der Waals surface area contributed by atoms with E-state index >= 15 is 0 Å². The average molecular weight is 488 g/mol. The first kappa shape index (κ1) is 24.7. The number of Topliss-reactive ketones (excluding diaryl/α,β-unsaturated/α-hetero) is 1. The molecule has 0 bridgehead atoms. The van der Waals surface area contributed by atoms with E-state index in [0.717, 1.165) is 17.7 Å². The summed E-state index contributed by atoms with van der Waals surface area (Å²) in [5, 5.41) is 8.08. The van der Waals surface area contributed by atoms with Gasteiger partial charge in [-0.05, 0) is 51.5 Å². The number of fused-ring (bicyclic) bond motifs is 1. The molecule has 3 heterocycles. The predicted octanol–water partition coefficient (Wildman–Crippen LogP) is 4.53. The number of nitrogens with one attached hydrogen (secondary N) is 1. The Morgan fingerprint density at radius 1 is 1.29 bits per heavy atom. The van der Waals surface area contributed by atoms with Crippen molar-refractivity contribution < 1.29 is 32.5 Å². The van der Waals surface area contributed by atoms with E-state index < -0.39 is 17.4 Å². The molecule has 2 aromatic heterocycles. The summed E-state index contributed by atoms with van der Waals surface area (Å²) in [6, 6.07) is 5.29. The summed E-state index contributed by atoms with van der Waals surface area (Å²) in [5.74, 6) is -2.39. The van der Waals surface area contributed by atoms with Gasteiger partial charge in [-0.15, -0.1) is 0 Å². The minimum atomic E-state index is -0.708. The third kappa shape index (κ3) is 5.49. The Kier molecular flexibility index (Phi) is 6.86. The molecule has 1 saturated heterocycles. The van der Waals surface area contributed by atoms with E-state index in [2.05, 4.69) is 4.98 Å². The molecular formula is C25H27F2N3O5. The third-order valence-electron chi connectivity index (χ3n) is 5.53. The molecule has 0 aliphatic carbocycles. The highest BCUT2D eigenvalue weighted by molar-refractivity contribution is 6.06. The maximum atomic E-state index is 14.0. The van der Waals surface area contributed by atoms with E-state index in [1.165, 1.54) is 6.07 Å². The molecule has 0 spiro atoms. The molecule has 10 heteroatoms. The van der Waals surface area contributed by atoms with Crippen LogP contribution in [0.3, 0.4) is 0 Å². The van der Waals surface area contributed by atoms with E-state index in [0.29, 0.717) is 17.9 Å². The number of nitrogens with zero attached hydrogens (tertiary/aromatic N) is 2. The number of benzene rings is 1. The first-order valence-corrected chi connectivity index (χ1v) is 11.1. The average Bonchev–Trinajstić information content (AvgIpc) is 3.29. The van der Waals surface area contributed by atoms with Gasteiger partial charge in [-0.25, -0.2) is 13.8 Å². The van der Waals surface area contributed by atoms with Gasteiger partial charge in [0.15, 0.2) is 28.9 Å². The van der Waals surface area contributed by atoms with Crippen LogP contribution in [0.5, 0.6) is 5.75 Å². The summed E-state index contributed by atoms with van der Waals surface area (Å²) in [4.78, 5) is 17.5. The maximum Gasteiger partial charge on any atom is 0.190 e. The second-order valence-corrected chi connectivity index (χ2v) is 8.89. The molecule has 1 atom stereocenters. The normalized spacial score (nSPS) is 17.0. The number of halogens is 2. The largest absolute Gasteiger partial charge is 0.485 e. The number of hydrogen-bond donors (Lipinski definition) is 1. The number of aryl methyl sites for hydroxylation is 2. The fraction of sp³-hybridized carbons (Fsp3) is 0.400. The lowest BCUT2D eigenvalue weighted by molar-refractivity contribution is -0.141. The number of rotatable bonds is 8. The number of ketones is 1. The van der Waals surface area contributed by atoms with Crippen molar-refractivity contribution in [1.29, 1.82) is 5.41 Å². The molecule has 1 N–H and O–H groups in total. The van der Waals surface area contributed by atoms with Gasteiger partial charge < -0.3 is 18.9 Å². The van der Waals surface area contributed by atoms with Crippen LogP contribution in [0, 0.1) is 30.9 Å². The lowest BCUT2D eigenvalue weighted by Gasteiger charge is -2.17. The molecule has 1 aliphatic heterocycles. The number of hydrogen-bond acceptors (Lipinski definition) is 7. The van der Waals surface area contributed by atoms with Gasteiger partial charge in [-0.2, -0.15) is 0 Å². The molecule has 4 rings (SSSR count). The zero-order valence-corrected chi connectivity index (χ0v) is 20.0. The standard InChI is InChI=1S/C25H27F2N3O5/c1-14-8-21(32-13-17-18(26)6-5-7-19(17)27)24-29-15(2)23(30(24)10-14)20(31)9-22(28)33-11-16-12-34-25(3,4)35-16/h5-8,10,16,28H,9,11-13H2,1-4H3. The van der Waals surface area contributed by atoms with Gasteiger partial charge in [-0.1, -0.05) is 6.07 Å². The highest BCUT2D eigenvalue weighted by Crippen LogP contribution is 2.27. The van der Waals surface area contributed by atoms with Crippen LogP contribution in [-0.2, 0) is 20.8 Å². The molecule has 0 saturated carbocycles. The Hall–Kier alpha value is -3.37. The van der Waals surface area contributed by atoms with Gasteiger partial charge in [0.25, 0.3) is 0 Å². The fourth-order valence-corrected chi connectivity index (χ4v) is 3.94. The predicted molar refractivity (Wildman–Crippen MR) is 123 cm³/mol. The van der Waals surface area contributed by atoms with Gasteiger partial charge in [0, 0.05) is 6.20 Å². The summed E-state index contributed by atoms with van der Waals surface area (Å²) in [5.41, 5.74) is 1.60. The minimum absolute atomic E-state index is 0.103. The lowest BCUT2D eigenvalue weighted by atomic mass is 10.2. The van der Waals surface area contributed by atoms with E-state index in [1.54, 1.807) is 44.4 Å². The summed E-state index contributed by atoms with van der Waals surface area (Å²) in [6.45, 7) is 7.17. The van der Waals surface area contributed by atoms with Gasteiger partial charge in [0.2, 0.25) is 0 Å². The van der Waals surface area contributed by atoms with Crippen LogP contribution in [0.25, 0.3) is 5.65 Å². The fourth-order valence-electron chi connectivity index (χ4n) is 3.94. The van der Waals surface area contributed by atoms with Crippen molar-refractivity contribution in [1.82, 2.24) is 9.38 Å². The van der Waals surface area contributed by atoms with Gasteiger partial charge in [0.05, 0.1) is 24.3 Å². The summed E-state index contributed by atoms with van der Waals surface area (Å²) >= 11 is 0. The quantitative estimate of drug-likeness (QED) is 0.285. The van der Waals surface area contributed by atoms with Crippen molar-refractivity contribution in [3.05, 3.63) is 64.6 Å². The lowest BCUT2D eigenvalue weighted by Crippen LogP contribution is -2.25. The van der Waals surface area contributed by atoms with Crippen LogP contribution in [0.15, 0.2) is 30.5 Å². The molecule has 1 unspecified atom stereocenters. The van der Waals surface area contributed by atoms with Crippen molar-refractivity contribution in [3.63, 3.8) is 0 Å². The second kappa shape index (κ2) is 9.71. The summed E-state index contributed by atoms with van der Waals surface area (Å²) < 4.78 is 51.9. The van der Waals surface area contributed by atoms with Crippen molar-refractivity contribution in [2.24, 2.45) is 0 Å². The zero-order valence-electron chi connectivity index (χ0n) is 20.0. The number of carbonyl (C=O) groups is 1. The smallest absolute Gasteiger partial charge is 0.190 e. The van der Waals surface area contributed by atoms with Crippen LogP contribution in [0.4, 0.5) is 8.78 Å². The molecule has 0 amide bonds. The molecular weight excluding hydrogens is 460 g/mol. The number of pyridine rings is 1. The topological polar surface area (TPSA) is 95.1 Å². The molecule has 3 aromatic rings. The Morgan fingerprint density at radius 3 is 2.66 bits per heavy atom. The highest BCUT2D eigenvalue weighted by atomic mass is 19.1. The van der Waals surface area contributed by atoms with Gasteiger partial charge in [0.1, 0.15) is 36.6 Å². The maximum absolute atomic E-state index is 14.0. The SMILES string of the molecule is Cc1cc(OCc2c(F)cccc2F)c2nc(C)c(C(=O)CC(=N)OCC3COC(C)(C)O3)n2c1. The second-order valence-electron chi connectivity index (χ2n) is 8.89.